The lowest BCUT2D eigenvalue weighted by atomic mass is 9.98. The molecule has 1 aliphatic heterocycles. The van der Waals surface area contributed by atoms with Crippen molar-refractivity contribution < 1.29 is 0 Å². The molecule has 0 spiro atoms. The van der Waals surface area contributed by atoms with Crippen LogP contribution in [0.4, 0.5) is 5.69 Å². The van der Waals surface area contributed by atoms with E-state index in [1.54, 1.807) is 0 Å². The predicted octanol–water partition coefficient (Wildman–Crippen LogP) is 2.62. The van der Waals surface area contributed by atoms with Gasteiger partial charge in [0, 0.05) is 45.3 Å². The number of allylic oxidation sites excluding steroid dienone is 1. The summed E-state index contributed by atoms with van der Waals surface area (Å²) in [5.41, 5.74) is 5.04. The minimum atomic E-state index is 1.08. The molecule has 0 radical (unpaired) electrons. The maximum Gasteiger partial charge on any atom is 0.0449 e. The third-order valence-corrected chi connectivity index (χ3v) is 3.45. The van der Waals surface area contributed by atoms with Crippen LogP contribution in [0.3, 0.4) is 0 Å². The van der Waals surface area contributed by atoms with Crippen LogP contribution in [0.2, 0.25) is 0 Å². The van der Waals surface area contributed by atoms with Crippen LogP contribution in [0.5, 0.6) is 0 Å². The predicted molar refractivity (Wildman–Crippen MR) is 78.5 cm³/mol. The van der Waals surface area contributed by atoms with Gasteiger partial charge in [-0.2, -0.15) is 0 Å². The molecule has 0 amide bonds. The summed E-state index contributed by atoms with van der Waals surface area (Å²) in [7, 11) is 6.18. The van der Waals surface area contributed by atoms with Crippen molar-refractivity contribution in [3.8, 4) is 0 Å². The number of hydrogen-bond acceptors (Lipinski definition) is 3. The summed E-state index contributed by atoms with van der Waals surface area (Å²) in [5, 5.41) is 7.26. The Hall–Kier alpha value is -1.77. The number of nitrogens with zero attached hydrogens (tertiary/aromatic N) is 2. The third kappa shape index (κ3) is 2.40. The largest absolute Gasteiger partial charge is 0.377 e. The normalized spacial score (nSPS) is 15.3. The molecular weight excluding hydrogens is 222 g/mol. The maximum absolute atomic E-state index is 7.26. The molecule has 0 saturated heterocycles. The van der Waals surface area contributed by atoms with E-state index in [1.165, 1.54) is 29.4 Å². The molecule has 0 unspecified atom stereocenters. The standard InChI is InChI=1S/C15H21N3/c1-17(2)14(8-9-16)13-6-7-15-12(11-13)5-4-10-18(15)3/h6-9,11,16H,4-5,10H2,1-3H3/b14-8-,16-9?. The van der Waals surface area contributed by atoms with Crippen LogP contribution in [-0.2, 0) is 6.42 Å². The fraction of sp³-hybridized carbons (Fsp3) is 0.400. The van der Waals surface area contributed by atoms with Crippen molar-refractivity contribution in [2.75, 3.05) is 32.6 Å². The number of nitrogens with one attached hydrogen (secondary N) is 1. The summed E-state index contributed by atoms with van der Waals surface area (Å²) in [6, 6.07) is 6.61. The van der Waals surface area contributed by atoms with Crippen LogP contribution in [0.25, 0.3) is 5.70 Å². The first kappa shape index (κ1) is 12.7. The second-order valence-electron chi connectivity index (χ2n) is 4.98. The SMILES string of the molecule is CN(C)/C(=C\C=N)c1ccc2c(c1)CCCN2C. The Labute approximate surface area is 109 Å². The second-order valence-corrected chi connectivity index (χ2v) is 4.98. The lowest BCUT2D eigenvalue weighted by Crippen LogP contribution is -2.24. The Morgan fingerprint density at radius 1 is 1.39 bits per heavy atom. The highest BCUT2D eigenvalue weighted by atomic mass is 15.1. The molecule has 1 aromatic rings. The Kier molecular flexibility index (Phi) is 3.70. The topological polar surface area (TPSA) is 30.3 Å². The van der Waals surface area contributed by atoms with Gasteiger partial charge in [-0.15, -0.1) is 0 Å². The molecule has 1 N–H and O–H groups in total. The van der Waals surface area contributed by atoms with Gasteiger partial charge in [-0.05, 0) is 42.2 Å². The van der Waals surface area contributed by atoms with Crippen LogP contribution in [0.15, 0.2) is 24.3 Å². The molecule has 0 fully saturated rings. The fourth-order valence-electron chi connectivity index (χ4n) is 2.53. The summed E-state index contributed by atoms with van der Waals surface area (Å²) >= 11 is 0. The third-order valence-electron chi connectivity index (χ3n) is 3.45. The molecule has 0 atom stereocenters. The molecule has 0 saturated carbocycles. The van der Waals surface area contributed by atoms with Gasteiger partial charge < -0.3 is 15.2 Å². The molecule has 2 rings (SSSR count). The fourth-order valence-corrected chi connectivity index (χ4v) is 2.53. The minimum Gasteiger partial charge on any atom is -0.377 e. The highest BCUT2D eigenvalue weighted by molar-refractivity contribution is 5.82. The monoisotopic (exact) mass is 243 g/mol. The van der Waals surface area contributed by atoms with Gasteiger partial charge in [0.25, 0.3) is 0 Å². The molecule has 1 heterocycles. The van der Waals surface area contributed by atoms with Crippen molar-refractivity contribution in [3.05, 3.63) is 35.4 Å². The van der Waals surface area contributed by atoms with Gasteiger partial charge in [-0.1, -0.05) is 6.07 Å². The first-order valence-electron chi connectivity index (χ1n) is 6.36. The second kappa shape index (κ2) is 5.25. The summed E-state index contributed by atoms with van der Waals surface area (Å²) in [6.45, 7) is 1.14. The average Bonchev–Trinajstić information content (AvgIpc) is 2.35. The molecule has 0 aliphatic carbocycles. The Balaban J connectivity index is 2.41. The van der Waals surface area contributed by atoms with Crippen LogP contribution in [-0.4, -0.2) is 38.8 Å². The Morgan fingerprint density at radius 2 is 2.17 bits per heavy atom. The molecule has 3 heteroatoms. The molecule has 96 valence electrons. The molecular formula is C15H21N3. The van der Waals surface area contributed by atoms with Gasteiger partial charge in [0.05, 0.1) is 0 Å². The van der Waals surface area contributed by atoms with Crippen LogP contribution < -0.4 is 4.90 Å². The van der Waals surface area contributed by atoms with E-state index in [4.69, 9.17) is 5.41 Å². The van der Waals surface area contributed by atoms with Crippen molar-refractivity contribution in [2.45, 2.75) is 12.8 Å². The lowest BCUT2D eigenvalue weighted by Gasteiger charge is -2.28. The lowest BCUT2D eigenvalue weighted by molar-refractivity contribution is 0.592. The molecule has 1 aromatic carbocycles. The number of benzene rings is 1. The van der Waals surface area contributed by atoms with E-state index < -0.39 is 0 Å². The summed E-state index contributed by atoms with van der Waals surface area (Å²) in [6.07, 6.45) is 5.56. The summed E-state index contributed by atoms with van der Waals surface area (Å²) < 4.78 is 0. The number of rotatable bonds is 3. The van der Waals surface area contributed by atoms with Crippen molar-refractivity contribution in [1.82, 2.24) is 4.90 Å². The Morgan fingerprint density at radius 3 is 2.83 bits per heavy atom. The average molecular weight is 243 g/mol. The highest BCUT2D eigenvalue weighted by Gasteiger charge is 2.15. The Bertz CT molecular complexity index is 475. The number of hydrogen-bond donors (Lipinski definition) is 1. The maximum atomic E-state index is 7.26. The van der Waals surface area contributed by atoms with Gasteiger partial charge >= 0.3 is 0 Å². The highest BCUT2D eigenvalue weighted by Crippen LogP contribution is 2.29. The van der Waals surface area contributed by atoms with E-state index >= 15 is 0 Å². The number of aryl methyl sites for hydroxylation is 1. The van der Waals surface area contributed by atoms with E-state index in [9.17, 15) is 0 Å². The molecule has 3 nitrogen and oxygen atoms in total. The van der Waals surface area contributed by atoms with Crippen LogP contribution >= 0.6 is 0 Å². The van der Waals surface area contributed by atoms with E-state index in [1.807, 2.05) is 20.2 Å². The van der Waals surface area contributed by atoms with E-state index in [0.29, 0.717) is 0 Å². The zero-order valence-corrected chi connectivity index (χ0v) is 11.4. The zero-order valence-electron chi connectivity index (χ0n) is 11.4. The van der Waals surface area contributed by atoms with Gasteiger partial charge in [-0.3, -0.25) is 0 Å². The van der Waals surface area contributed by atoms with Crippen molar-refractivity contribution in [2.24, 2.45) is 0 Å². The molecule has 0 bridgehead atoms. The van der Waals surface area contributed by atoms with E-state index in [0.717, 1.165) is 18.7 Å². The van der Waals surface area contributed by atoms with Crippen molar-refractivity contribution >= 4 is 17.6 Å². The smallest absolute Gasteiger partial charge is 0.0449 e. The van der Waals surface area contributed by atoms with E-state index in [2.05, 4.69) is 35.0 Å². The molecule has 0 aromatic heterocycles. The zero-order chi connectivity index (χ0) is 13.1. The molecule has 1 aliphatic rings. The van der Waals surface area contributed by atoms with Gasteiger partial charge in [0.15, 0.2) is 0 Å². The first-order valence-corrected chi connectivity index (χ1v) is 6.36. The minimum absolute atomic E-state index is 1.08. The first-order chi connectivity index (χ1) is 8.63. The quantitative estimate of drug-likeness (QED) is 0.827. The molecule has 18 heavy (non-hydrogen) atoms. The number of fused-ring (bicyclic) bond motifs is 1. The van der Waals surface area contributed by atoms with Gasteiger partial charge in [-0.25, -0.2) is 0 Å². The van der Waals surface area contributed by atoms with Gasteiger partial charge in [0.2, 0.25) is 0 Å². The van der Waals surface area contributed by atoms with Crippen molar-refractivity contribution in [3.63, 3.8) is 0 Å². The van der Waals surface area contributed by atoms with Gasteiger partial charge in [0.1, 0.15) is 0 Å². The van der Waals surface area contributed by atoms with Crippen LogP contribution in [0.1, 0.15) is 17.5 Å². The summed E-state index contributed by atoms with van der Waals surface area (Å²) in [4.78, 5) is 4.37. The van der Waals surface area contributed by atoms with E-state index in [-0.39, 0.29) is 0 Å². The number of anilines is 1. The van der Waals surface area contributed by atoms with Crippen molar-refractivity contribution in [1.29, 1.82) is 5.41 Å². The van der Waals surface area contributed by atoms with Crippen LogP contribution in [0, 0.1) is 5.41 Å². The summed E-state index contributed by atoms with van der Waals surface area (Å²) in [5.74, 6) is 0.